The van der Waals surface area contributed by atoms with Gasteiger partial charge in [0.15, 0.2) is 0 Å². The lowest BCUT2D eigenvalue weighted by molar-refractivity contribution is -0.384. The van der Waals surface area contributed by atoms with Crippen LogP contribution in [0.5, 0.6) is 0 Å². The molecule has 146 valence electrons. The molecule has 0 saturated carbocycles. The first-order chi connectivity index (χ1) is 12.5. The predicted molar refractivity (Wildman–Crippen MR) is 96.2 cm³/mol. The van der Waals surface area contributed by atoms with Crippen molar-refractivity contribution < 1.29 is 27.2 Å². The third kappa shape index (κ3) is 5.04. The van der Waals surface area contributed by atoms with Gasteiger partial charge in [0.05, 0.1) is 15.9 Å². The molecule has 0 aliphatic heterocycles. The number of halogens is 4. The second-order valence-corrected chi connectivity index (χ2v) is 8.13. The molecule has 12 heteroatoms. The van der Waals surface area contributed by atoms with Crippen molar-refractivity contribution in [1.82, 2.24) is 0 Å². The highest BCUT2D eigenvalue weighted by atomic mass is 35.5. The van der Waals surface area contributed by atoms with Crippen LogP contribution < -0.4 is 5.32 Å². The molecule has 7 nitrogen and oxygen atoms in total. The predicted octanol–water partition coefficient (Wildman–Crippen LogP) is 4.04. The summed E-state index contributed by atoms with van der Waals surface area (Å²) < 4.78 is 48.2. The zero-order valence-electron chi connectivity index (χ0n) is 13.3. The van der Waals surface area contributed by atoms with Crippen molar-refractivity contribution in [3.8, 4) is 0 Å². The lowest BCUT2D eigenvalue weighted by Gasteiger charge is -2.14. The summed E-state index contributed by atoms with van der Waals surface area (Å²) in [5, 5.41) is 24.5. The highest BCUT2D eigenvalue weighted by Gasteiger charge is 2.29. The van der Waals surface area contributed by atoms with Crippen LogP contribution in [0, 0.1) is 10.1 Å². The van der Waals surface area contributed by atoms with Crippen molar-refractivity contribution in [3.63, 3.8) is 0 Å². The first-order valence-electron chi connectivity index (χ1n) is 7.21. The van der Waals surface area contributed by atoms with Gasteiger partial charge in [-0.15, -0.1) is 0 Å². The highest BCUT2D eigenvalue weighted by Crippen LogP contribution is 2.31. The topological polar surface area (TPSA) is 110 Å². The SMILES string of the molecule is O=[N+]([O-])c1cc(S(=O)(=O)C(F)F)ccc1NCC(O)c1cc(Cl)cc(Cl)c1. The molecule has 2 rings (SSSR count). The molecule has 0 aliphatic rings. The van der Waals surface area contributed by atoms with Crippen LogP contribution in [0.25, 0.3) is 0 Å². The highest BCUT2D eigenvalue weighted by molar-refractivity contribution is 7.91. The Hall–Kier alpha value is -2.01. The van der Waals surface area contributed by atoms with Crippen LogP contribution in [0.4, 0.5) is 20.2 Å². The first kappa shape index (κ1) is 21.3. The Morgan fingerprint density at radius 2 is 1.74 bits per heavy atom. The first-order valence-corrected chi connectivity index (χ1v) is 9.51. The standard InChI is InChI=1S/C15H12Cl2F2N2O5S/c16-9-3-8(4-10(17)5-9)14(22)7-20-12-2-1-11(6-13(12)21(23)24)27(25,26)15(18)19/h1-6,14-15,20,22H,7H2. The summed E-state index contributed by atoms with van der Waals surface area (Å²) in [7, 11) is -4.98. The quantitative estimate of drug-likeness (QED) is 0.496. The fraction of sp³-hybridized carbons (Fsp3) is 0.200. The van der Waals surface area contributed by atoms with Gasteiger partial charge < -0.3 is 10.4 Å². The molecule has 0 aromatic heterocycles. The van der Waals surface area contributed by atoms with Crippen LogP contribution in [0.15, 0.2) is 41.3 Å². The number of sulfone groups is 1. The van der Waals surface area contributed by atoms with E-state index in [-0.39, 0.29) is 22.3 Å². The third-order valence-electron chi connectivity index (χ3n) is 3.48. The molecular formula is C15H12Cl2F2N2O5S. The Morgan fingerprint density at radius 3 is 2.26 bits per heavy atom. The molecule has 0 saturated heterocycles. The molecular weight excluding hydrogens is 429 g/mol. The number of benzene rings is 2. The van der Waals surface area contributed by atoms with Crippen molar-refractivity contribution >= 4 is 44.4 Å². The average Bonchev–Trinajstić information content (AvgIpc) is 2.58. The molecule has 0 radical (unpaired) electrons. The molecule has 0 fully saturated rings. The normalized spacial score (nSPS) is 12.8. The molecule has 1 atom stereocenters. The summed E-state index contributed by atoms with van der Waals surface area (Å²) in [6.07, 6.45) is -1.15. The Labute approximate surface area is 162 Å². The number of anilines is 1. The van der Waals surface area contributed by atoms with Crippen molar-refractivity contribution in [1.29, 1.82) is 0 Å². The van der Waals surface area contributed by atoms with Gasteiger partial charge in [0, 0.05) is 22.7 Å². The molecule has 0 amide bonds. The lowest BCUT2D eigenvalue weighted by Crippen LogP contribution is -2.15. The largest absolute Gasteiger partial charge is 0.387 e. The second kappa shape index (κ2) is 8.34. The zero-order chi connectivity index (χ0) is 20.4. The van der Waals surface area contributed by atoms with E-state index in [9.17, 15) is 32.4 Å². The number of aliphatic hydroxyl groups is 1. The number of nitro groups is 1. The minimum Gasteiger partial charge on any atom is -0.387 e. The summed E-state index contributed by atoms with van der Waals surface area (Å²) in [5.41, 5.74) is -0.534. The number of aliphatic hydroxyl groups excluding tert-OH is 1. The van der Waals surface area contributed by atoms with Crippen LogP contribution in [0.2, 0.25) is 10.0 Å². The Balaban J connectivity index is 2.27. The summed E-state index contributed by atoms with van der Waals surface area (Å²) >= 11 is 11.7. The van der Waals surface area contributed by atoms with Gasteiger partial charge in [-0.25, -0.2) is 8.42 Å². The van der Waals surface area contributed by atoms with Gasteiger partial charge in [-0.3, -0.25) is 10.1 Å². The fourth-order valence-corrected chi connectivity index (χ4v) is 3.47. The van der Waals surface area contributed by atoms with Crippen molar-refractivity contribution in [3.05, 3.63) is 62.1 Å². The van der Waals surface area contributed by atoms with E-state index in [1.807, 2.05) is 0 Å². The van der Waals surface area contributed by atoms with Gasteiger partial charge >= 0.3 is 5.76 Å². The maximum absolute atomic E-state index is 12.6. The maximum Gasteiger partial charge on any atom is 0.341 e. The molecule has 2 N–H and O–H groups in total. The number of nitrogens with one attached hydrogen (secondary N) is 1. The summed E-state index contributed by atoms with van der Waals surface area (Å²) in [6.45, 7) is -0.210. The van der Waals surface area contributed by atoms with E-state index < -0.39 is 37.2 Å². The van der Waals surface area contributed by atoms with Gasteiger partial charge in [-0.05, 0) is 35.9 Å². The number of alkyl halides is 2. The minimum atomic E-state index is -4.98. The molecule has 27 heavy (non-hydrogen) atoms. The third-order valence-corrected chi connectivity index (χ3v) is 5.30. The average molecular weight is 441 g/mol. The summed E-state index contributed by atoms with van der Waals surface area (Å²) in [4.78, 5) is 9.36. The van der Waals surface area contributed by atoms with Gasteiger partial charge in [0.25, 0.3) is 5.69 Å². The van der Waals surface area contributed by atoms with E-state index in [0.29, 0.717) is 11.6 Å². The second-order valence-electron chi connectivity index (χ2n) is 5.34. The molecule has 0 spiro atoms. The van der Waals surface area contributed by atoms with E-state index in [1.54, 1.807) is 0 Å². The van der Waals surface area contributed by atoms with Crippen molar-refractivity contribution in [2.24, 2.45) is 0 Å². The zero-order valence-corrected chi connectivity index (χ0v) is 15.6. The molecule has 0 heterocycles. The van der Waals surface area contributed by atoms with Gasteiger partial charge in [-0.1, -0.05) is 23.2 Å². The fourth-order valence-electron chi connectivity index (χ4n) is 2.18. The Kier molecular flexibility index (Phi) is 6.58. The van der Waals surface area contributed by atoms with E-state index in [4.69, 9.17) is 23.2 Å². The van der Waals surface area contributed by atoms with E-state index in [2.05, 4.69) is 5.32 Å². The summed E-state index contributed by atoms with van der Waals surface area (Å²) in [5.74, 6) is -3.70. The Morgan fingerprint density at radius 1 is 1.15 bits per heavy atom. The number of nitro benzene ring substituents is 1. The van der Waals surface area contributed by atoms with E-state index >= 15 is 0 Å². The monoisotopic (exact) mass is 440 g/mol. The molecule has 0 aliphatic carbocycles. The van der Waals surface area contributed by atoms with Gasteiger partial charge in [0.1, 0.15) is 5.69 Å². The van der Waals surface area contributed by atoms with Crippen LogP contribution in [-0.2, 0) is 9.84 Å². The Bertz CT molecular complexity index is 952. The van der Waals surface area contributed by atoms with Crippen LogP contribution in [0.3, 0.4) is 0 Å². The number of nitrogens with zero attached hydrogens (tertiary/aromatic N) is 1. The van der Waals surface area contributed by atoms with Crippen molar-refractivity contribution in [2.45, 2.75) is 16.8 Å². The number of hydrogen-bond acceptors (Lipinski definition) is 6. The number of rotatable bonds is 7. The molecule has 1 unspecified atom stereocenters. The van der Waals surface area contributed by atoms with E-state index in [1.165, 1.54) is 18.2 Å². The maximum atomic E-state index is 12.6. The van der Waals surface area contributed by atoms with Crippen molar-refractivity contribution in [2.75, 3.05) is 11.9 Å². The number of hydrogen-bond donors (Lipinski definition) is 2. The van der Waals surface area contributed by atoms with Gasteiger partial charge in [0.2, 0.25) is 9.84 Å². The molecule has 2 aromatic rings. The summed E-state index contributed by atoms with van der Waals surface area (Å²) in [6, 6.07) is 6.69. The minimum absolute atomic E-state index is 0.152. The van der Waals surface area contributed by atoms with E-state index in [0.717, 1.165) is 12.1 Å². The van der Waals surface area contributed by atoms with Crippen LogP contribution >= 0.6 is 23.2 Å². The lowest BCUT2D eigenvalue weighted by atomic mass is 10.1. The van der Waals surface area contributed by atoms with Crippen LogP contribution in [-0.4, -0.2) is 30.7 Å². The smallest absolute Gasteiger partial charge is 0.341 e. The molecule has 0 bridgehead atoms. The van der Waals surface area contributed by atoms with Crippen LogP contribution in [0.1, 0.15) is 11.7 Å². The molecule has 2 aromatic carbocycles. The van der Waals surface area contributed by atoms with Gasteiger partial charge in [-0.2, -0.15) is 8.78 Å².